The molecule has 2 rings (SSSR count). The van der Waals surface area contributed by atoms with Crippen molar-refractivity contribution >= 4 is 0 Å². The van der Waals surface area contributed by atoms with Crippen LogP contribution < -0.4 is 5.32 Å². The van der Waals surface area contributed by atoms with E-state index < -0.39 is 0 Å². The van der Waals surface area contributed by atoms with Crippen molar-refractivity contribution < 1.29 is 0 Å². The second-order valence-electron chi connectivity index (χ2n) is 4.60. The van der Waals surface area contributed by atoms with Crippen LogP contribution in [0.25, 0.3) is 0 Å². The van der Waals surface area contributed by atoms with E-state index in [4.69, 9.17) is 0 Å². The van der Waals surface area contributed by atoms with Gasteiger partial charge >= 0.3 is 0 Å². The number of nitrogens with one attached hydrogen (secondary N) is 1. The van der Waals surface area contributed by atoms with E-state index in [-0.39, 0.29) is 0 Å². The number of likely N-dealkylation sites (N-methyl/N-ethyl adjacent to an activating group) is 1. The molecule has 16 heavy (non-hydrogen) atoms. The summed E-state index contributed by atoms with van der Waals surface area (Å²) in [6, 6.07) is 1.05. The van der Waals surface area contributed by atoms with Crippen molar-refractivity contribution in [2.75, 3.05) is 6.54 Å². The Balaban J connectivity index is 2.08. The van der Waals surface area contributed by atoms with Gasteiger partial charge in [-0.3, -0.25) is 0 Å². The summed E-state index contributed by atoms with van der Waals surface area (Å²) in [6.07, 6.45) is 11.4. The molecule has 90 valence electrons. The zero-order valence-corrected chi connectivity index (χ0v) is 10.1. The zero-order valence-electron chi connectivity index (χ0n) is 10.1. The molecule has 1 aromatic heterocycles. The molecule has 1 saturated carbocycles. The summed E-state index contributed by atoms with van der Waals surface area (Å²) in [7, 11) is 0. The van der Waals surface area contributed by atoms with E-state index in [9.17, 15) is 0 Å². The Kier molecular flexibility index (Phi) is 4.34. The van der Waals surface area contributed by atoms with Crippen molar-refractivity contribution in [2.45, 2.75) is 57.5 Å². The van der Waals surface area contributed by atoms with Gasteiger partial charge in [0.05, 0.1) is 6.04 Å². The van der Waals surface area contributed by atoms with Crippen LogP contribution in [0.5, 0.6) is 0 Å². The monoisotopic (exact) mass is 222 g/mol. The average Bonchev–Trinajstić information content (AvgIpc) is 2.76. The highest BCUT2D eigenvalue weighted by molar-refractivity contribution is 4.82. The van der Waals surface area contributed by atoms with Gasteiger partial charge in [0.25, 0.3) is 0 Å². The summed E-state index contributed by atoms with van der Waals surface area (Å²) >= 11 is 0. The van der Waals surface area contributed by atoms with E-state index in [0.717, 1.165) is 6.54 Å². The van der Waals surface area contributed by atoms with Crippen LogP contribution in [0, 0.1) is 0 Å². The summed E-state index contributed by atoms with van der Waals surface area (Å²) in [5.74, 6) is 0. The van der Waals surface area contributed by atoms with Crippen LogP contribution in [-0.4, -0.2) is 27.4 Å². The zero-order chi connectivity index (χ0) is 11.2. The molecular formula is C12H22N4. The normalized spacial score (nSPS) is 27.3. The fraction of sp³-hybridized carbons (Fsp3) is 0.833. The number of nitrogens with zero attached hydrogens (tertiary/aromatic N) is 3. The van der Waals surface area contributed by atoms with Crippen molar-refractivity contribution in [3.63, 3.8) is 0 Å². The van der Waals surface area contributed by atoms with E-state index in [0.29, 0.717) is 12.1 Å². The highest BCUT2D eigenvalue weighted by atomic mass is 15.3. The van der Waals surface area contributed by atoms with Gasteiger partial charge in [-0.25, -0.2) is 9.67 Å². The standard InChI is InChI=1S/C12H22N4/c1-2-14-11-7-5-3-4-6-8-12(11)16-10-13-9-15-16/h9-12,14H,2-8H2,1H3. The third-order valence-corrected chi connectivity index (χ3v) is 3.47. The SMILES string of the molecule is CCNC1CCCCCCC1n1cncn1. The molecule has 1 aliphatic carbocycles. The third-order valence-electron chi connectivity index (χ3n) is 3.47. The van der Waals surface area contributed by atoms with Gasteiger partial charge in [-0.05, 0) is 19.4 Å². The molecule has 2 atom stereocenters. The minimum atomic E-state index is 0.489. The molecule has 0 aromatic carbocycles. The van der Waals surface area contributed by atoms with Gasteiger partial charge in [0, 0.05) is 6.04 Å². The second kappa shape index (κ2) is 5.99. The average molecular weight is 222 g/mol. The van der Waals surface area contributed by atoms with Crippen molar-refractivity contribution in [2.24, 2.45) is 0 Å². The molecule has 1 N–H and O–H groups in total. The van der Waals surface area contributed by atoms with Crippen LogP contribution in [-0.2, 0) is 0 Å². The molecule has 2 unspecified atom stereocenters. The van der Waals surface area contributed by atoms with Gasteiger partial charge in [0.15, 0.2) is 0 Å². The lowest BCUT2D eigenvalue weighted by Crippen LogP contribution is -2.38. The molecule has 0 amide bonds. The minimum Gasteiger partial charge on any atom is -0.312 e. The van der Waals surface area contributed by atoms with E-state index in [1.807, 2.05) is 11.0 Å². The summed E-state index contributed by atoms with van der Waals surface area (Å²) in [4.78, 5) is 4.07. The lowest BCUT2D eigenvalue weighted by Gasteiger charge is -2.29. The fourth-order valence-electron chi connectivity index (χ4n) is 2.67. The Morgan fingerprint density at radius 2 is 2.06 bits per heavy atom. The Hall–Kier alpha value is -0.900. The smallest absolute Gasteiger partial charge is 0.137 e. The topological polar surface area (TPSA) is 42.7 Å². The molecule has 1 heterocycles. The predicted molar refractivity (Wildman–Crippen MR) is 64.2 cm³/mol. The first-order valence-electron chi connectivity index (χ1n) is 6.49. The van der Waals surface area contributed by atoms with Gasteiger partial charge in [0.1, 0.15) is 12.7 Å². The molecule has 4 heteroatoms. The molecular weight excluding hydrogens is 200 g/mol. The Bertz CT molecular complexity index is 283. The maximum atomic E-state index is 4.31. The fourth-order valence-corrected chi connectivity index (χ4v) is 2.67. The minimum absolute atomic E-state index is 0.489. The van der Waals surface area contributed by atoms with Gasteiger partial charge in [-0.2, -0.15) is 5.10 Å². The highest BCUT2D eigenvalue weighted by Crippen LogP contribution is 2.25. The lowest BCUT2D eigenvalue weighted by atomic mass is 9.92. The molecule has 0 bridgehead atoms. The lowest BCUT2D eigenvalue weighted by molar-refractivity contribution is 0.269. The van der Waals surface area contributed by atoms with Crippen LogP contribution in [0.2, 0.25) is 0 Å². The van der Waals surface area contributed by atoms with Crippen molar-refractivity contribution in [1.29, 1.82) is 0 Å². The second-order valence-corrected chi connectivity index (χ2v) is 4.60. The number of aromatic nitrogens is 3. The maximum absolute atomic E-state index is 4.31. The number of hydrogen-bond donors (Lipinski definition) is 1. The Morgan fingerprint density at radius 3 is 2.75 bits per heavy atom. The summed E-state index contributed by atoms with van der Waals surface area (Å²) in [5, 5.41) is 7.91. The molecule has 0 saturated heterocycles. The van der Waals surface area contributed by atoms with Crippen LogP contribution >= 0.6 is 0 Å². The van der Waals surface area contributed by atoms with Crippen LogP contribution in [0.3, 0.4) is 0 Å². The first kappa shape index (κ1) is 11.6. The first-order chi connectivity index (χ1) is 7.92. The molecule has 4 nitrogen and oxygen atoms in total. The summed E-state index contributed by atoms with van der Waals surface area (Å²) in [5.41, 5.74) is 0. The maximum Gasteiger partial charge on any atom is 0.137 e. The van der Waals surface area contributed by atoms with Gasteiger partial charge in [-0.15, -0.1) is 0 Å². The van der Waals surface area contributed by atoms with Crippen molar-refractivity contribution in [3.8, 4) is 0 Å². The van der Waals surface area contributed by atoms with E-state index in [1.165, 1.54) is 38.5 Å². The van der Waals surface area contributed by atoms with E-state index in [2.05, 4.69) is 22.3 Å². The number of hydrogen-bond acceptors (Lipinski definition) is 3. The van der Waals surface area contributed by atoms with Gasteiger partial charge in [-0.1, -0.05) is 32.6 Å². The molecule has 0 spiro atoms. The van der Waals surface area contributed by atoms with E-state index >= 15 is 0 Å². The highest BCUT2D eigenvalue weighted by Gasteiger charge is 2.23. The largest absolute Gasteiger partial charge is 0.312 e. The van der Waals surface area contributed by atoms with Crippen molar-refractivity contribution in [3.05, 3.63) is 12.7 Å². The Morgan fingerprint density at radius 1 is 1.25 bits per heavy atom. The Labute approximate surface area is 97.5 Å². The van der Waals surface area contributed by atoms with Crippen LogP contribution in [0.4, 0.5) is 0 Å². The summed E-state index contributed by atoms with van der Waals surface area (Å²) < 4.78 is 2.04. The molecule has 0 radical (unpaired) electrons. The molecule has 1 fully saturated rings. The number of rotatable bonds is 3. The third kappa shape index (κ3) is 2.82. The predicted octanol–water partition coefficient (Wildman–Crippen LogP) is 2.15. The quantitative estimate of drug-likeness (QED) is 0.852. The van der Waals surface area contributed by atoms with Crippen molar-refractivity contribution in [1.82, 2.24) is 20.1 Å². The molecule has 1 aliphatic rings. The summed E-state index contributed by atoms with van der Waals surface area (Å²) in [6.45, 7) is 3.22. The van der Waals surface area contributed by atoms with Gasteiger partial charge in [0.2, 0.25) is 0 Å². The van der Waals surface area contributed by atoms with Gasteiger partial charge < -0.3 is 5.32 Å². The van der Waals surface area contributed by atoms with Crippen LogP contribution in [0.1, 0.15) is 51.5 Å². The molecule has 0 aliphatic heterocycles. The van der Waals surface area contributed by atoms with E-state index in [1.54, 1.807) is 6.33 Å². The first-order valence-corrected chi connectivity index (χ1v) is 6.49. The van der Waals surface area contributed by atoms with Crippen LogP contribution in [0.15, 0.2) is 12.7 Å². The molecule has 1 aromatic rings.